The highest BCUT2D eigenvalue weighted by Crippen LogP contribution is 2.30. The standard InChI is InChI=1S/C20H13ClFN3O2/c21-18-10-5-13(11-19(18)25(26)27)20-17-4-2-1-3-14(17)12-24(23-20)16-8-6-15(22)7-9-16/h1-11H,12H2. The lowest BCUT2D eigenvalue weighted by atomic mass is 9.95. The smallest absolute Gasteiger partial charge is 0.260 e. The molecule has 7 heteroatoms. The summed E-state index contributed by atoms with van der Waals surface area (Å²) in [7, 11) is 0. The fourth-order valence-electron chi connectivity index (χ4n) is 3.04. The van der Waals surface area contributed by atoms with Gasteiger partial charge in [-0.2, -0.15) is 5.10 Å². The fourth-order valence-corrected chi connectivity index (χ4v) is 3.22. The third kappa shape index (κ3) is 3.27. The molecule has 0 spiro atoms. The van der Waals surface area contributed by atoms with Gasteiger partial charge in [-0.15, -0.1) is 0 Å². The van der Waals surface area contributed by atoms with Crippen LogP contribution < -0.4 is 5.01 Å². The summed E-state index contributed by atoms with van der Waals surface area (Å²) in [6.45, 7) is 0.515. The van der Waals surface area contributed by atoms with E-state index < -0.39 is 4.92 Å². The van der Waals surface area contributed by atoms with E-state index in [1.165, 1.54) is 24.3 Å². The van der Waals surface area contributed by atoms with Gasteiger partial charge in [-0.25, -0.2) is 4.39 Å². The lowest BCUT2D eigenvalue weighted by molar-refractivity contribution is -0.384. The van der Waals surface area contributed by atoms with Crippen LogP contribution in [0.3, 0.4) is 0 Å². The molecule has 0 fully saturated rings. The first-order valence-corrected chi connectivity index (χ1v) is 8.55. The second-order valence-electron chi connectivity index (χ2n) is 6.06. The van der Waals surface area contributed by atoms with Crippen LogP contribution in [-0.2, 0) is 6.54 Å². The van der Waals surface area contributed by atoms with Crippen LogP contribution in [0.2, 0.25) is 5.02 Å². The van der Waals surface area contributed by atoms with E-state index in [9.17, 15) is 14.5 Å². The molecule has 4 rings (SSSR count). The molecule has 0 atom stereocenters. The lowest BCUT2D eigenvalue weighted by Gasteiger charge is -2.27. The number of hydrogen-bond donors (Lipinski definition) is 0. The molecule has 5 nitrogen and oxygen atoms in total. The van der Waals surface area contributed by atoms with Crippen molar-refractivity contribution in [1.29, 1.82) is 0 Å². The van der Waals surface area contributed by atoms with Crippen molar-refractivity contribution in [3.63, 3.8) is 0 Å². The van der Waals surface area contributed by atoms with Crippen LogP contribution in [0.15, 0.2) is 71.8 Å². The van der Waals surface area contributed by atoms with Gasteiger partial charge >= 0.3 is 0 Å². The Morgan fingerprint density at radius 3 is 2.56 bits per heavy atom. The van der Waals surface area contributed by atoms with E-state index >= 15 is 0 Å². The van der Waals surface area contributed by atoms with E-state index in [1.54, 1.807) is 23.2 Å². The summed E-state index contributed by atoms with van der Waals surface area (Å²) in [5.41, 5.74) is 3.66. The number of nitro groups is 1. The molecule has 0 bridgehead atoms. The van der Waals surface area contributed by atoms with Gasteiger partial charge in [-0.1, -0.05) is 41.9 Å². The Balaban J connectivity index is 1.86. The Hall–Kier alpha value is -3.25. The fraction of sp³-hybridized carbons (Fsp3) is 0.0500. The van der Waals surface area contributed by atoms with Crippen LogP contribution in [0.4, 0.5) is 15.8 Å². The highest BCUT2D eigenvalue weighted by atomic mass is 35.5. The number of nitro benzene ring substituents is 1. The molecule has 27 heavy (non-hydrogen) atoms. The van der Waals surface area contributed by atoms with Crippen LogP contribution in [0, 0.1) is 15.9 Å². The Morgan fingerprint density at radius 1 is 1.07 bits per heavy atom. The largest absolute Gasteiger partial charge is 0.288 e. The summed E-state index contributed by atoms with van der Waals surface area (Å²) in [6, 6.07) is 18.4. The summed E-state index contributed by atoms with van der Waals surface area (Å²) in [5, 5.41) is 17.8. The van der Waals surface area contributed by atoms with Crippen LogP contribution in [0.1, 0.15) is 16.7 Å². The van der Waals surface area contributed by atoms with Gasteiger partial charge in [0, 0.05) is 17.2 Å². The topological polar surface area (TPSA) is 58.7 Å². The minimum atomic E-state index is -0.515. The number of anilines is 1. The van der Waals surface area contributed by atoms with Crippen molar-refractivity contribution in [3.8, 4) is 0 Å². The molecule has 3 aromatic rings. The van der Waals surface area contributed by atoms with E-state index in [1.807, 2.05) is 24.3 Å². The van der Waals surface area contributed by atoms with Crippen LogP contribution in [0.25, 0.3) is 0 Å². The first-order valence-electron chi connectivity index (χ1n) is 8.17. The number of rotatable bonds is 3. The van der Waals surface area contributed by atoms with E-state index in [0.29, 0.717) is 17.8 Å². The number of fused-ring (bicyclic) bond motifs is 1. The van der Waals surface area contributed by atoms with Crippen molar-refractivity contribution in [2.24, 2.45) is 5.10 Å². The molecule has 0 amide bonds. The van der Waals surface area contributed by atoms with Crippen LogP contribution in [0.5, 0.6) is 0 Å². The van der Waals surface area contributed by atoms with Gasteiger partial charge in [0.2, 0.25) is 0 Å². The monoisotopic (exact) mass is 381 g/mol. The maximum Gasteiger partial charge on any atom is 0.288 e. The quantitative estimate of drug-likeness (QED) is 0.465. The summed E-state index contributed by atoms with van der Waals surface area (Å²) in [6.07, 6.45) is 0. The number of hydrogen-bond acceptors (Lipinski definition) is 4. The Morgan fingerprint density at radius 2 is 1.81 bits per heavy atom. The molecular weight excluding hydrogens is 369 g/mol. The van der Waals surface area contributed by atoms with Crippen molar-refractivity contribution >= 4 is 28.7 Å². The first-order chi connectivity index (χ1) is 13.0. The summed E-state index contributed by atoms with van der Waals surface area (Å²) in [4.78, 5) is 10.7. The molecule has 1 heterocycles. The van der Waals surface area contributed by atoms with Crippen molar-refractivity contribution in [1.82, 2.24) is 0 Å². The Bertz CT molecular complexity index is 1070. The molecule has 0 radical (unpaired) electrons. The predicted octanol–water partition coefficient (Wildman–Crippen LogP) is 5.16. The van der Waals surface area contributed by atoms with Crippen molar-refractivity contribution in [2.45, 2.75) is 6.54 Å². The van der Waals surface area contributed by atoms with Crippen molar-refractivity contribution < 1.29 is 9.31 Å². The molecule has 134 valence electrons. The number of halogens is 2. The first kappa shape index (κ1) is 17.2. The lowest BCUT2D eigenvalue weighted by Crippen LogP contribution is -2.26. The third-order valence-electron chi connectivity index (χ3n) is 4.35. The maximum atomic E-state index is 13.3. The molecule has 0 saturated carbocycles. The van der Waals surface area contributed by atoms with Crippen molar-refractivity contribution in [2.75, 3.05) is 5.01 Å². The predicted molar refractivity (Wildman–Crippen MR) is 103 cm³/mol. The molecule has 0 aromatic heterocycles. The molecular formula is C20H13ClFN3O2. The average Bonchev–Trinajstić information content (AvgIpc) is 2.68. The zero-order valence-corrected chi connectivity index (χ0v) is 14.7. The van der Waals surface area contributed by atoms with Gasteiger partial charge < -0.3 is 0 Å². The average molecular weight is 382 g/mol. The second kappa shape index (κ2) is 6.81. The van der Waals surface area contributed by atoms with Gasteiger partial charge in [0.15, 0.2) is 0 Å². The highest BCUT2D eigenvalue weighted by Gasteiger charge is 2.23. The molecule has 0 N–H and O–H groups in total. The summed E-state index contributed by atoms with van der Waals surface area (Å²) >= 11 is 5.94. The van der Waals surface area contributed by atoms with Gasteiger partial charge in [0.1, 0.15) is 10.8 Å². The van der Waals surface area contributed by atoms with E-state index in [4.69, 9.17) is 11.6 Å². The third-order valence-corrected chi connectivity index (χ3v) is 4.67. The highest BCUT2D eigenvalue weighted by molar-refractivity contribution is 6.33. The molecule has 1 aliphatic rings. The zero-order valence-electron chi connectivity index (χ0n) is 14.0. The van der Waals surface area contributed by atoms with E-state index in [-0.39, 0.29) is 16.5 Å². The van der Waals surface area contributed by atoms with E-state index in [2.05, 4.69) is 5.10 Å². The molecule has 0 saturated heterocycles. The zero-order chi connectivity index (χ0) is 19.0. The number of hydrazone groups is 1. The normalized spacial score (nSPS) is 13.1. The molecule has 0 aliphatic carbocycles. The maximum absolute atomic E-state index is 13.3. The van der Waals surface area contributed by atoms with E-state index in [0.717, 1.165) is 16.8 Å². The Kier molecular flexibility index (Phi) is 4.33. The second-order valence-corrected chi connectivity index (χ2v) is 6.47. The summed E-state index contributed by atoms with van der Waals surface area (Å²) < 4.78 is 13.3. The van der Waals surface area contributed by atoms with Gasteiger partial charge in [0.05, 0.1) is 22.9 Å². The molecule has 0 unspecified atom stereocenters. The van der Waals surface area contributed by atoms with Crippen LogP contribution in [-0.4, -0.2) is 10.6 Å². The van der Waals surface area contributed by atoms with Gasteiger partial charge in [-0.05, 0) is 35.9 Å². The van der Waals surface area contributed by atoms with Gasteiger partial charge in [-0.3, -0.25) is 15.1 Å². The minimum absolute atomic E-state index is 0.0730. The van der Waals surface area contributed by atoms with Crippen molar-refractivity contribution in [3.05, 3.63) is 104 Å². The SMILES string of the molecule is O=[N+]([O-])c1cc(C2=NN(c3ccc(F)cc3)Cc3ccccc32)ccc1Cl. The minimum Gasteiger partial charge on any atom is -0.260 e. The summed E-state index contributed by atoms with van der Waals surface area (Å²) in [5.74, 6) is -0.325. The molecule has 1 aliphatic heterocycles. The number of benzene rings is 3. The van der Waals surface area contributed by atoms with Gasteiger partial charge in [0.25, 0.3) is 5.69 Å². The Labute approximate surface area is 159 Å². The van der Waals surface area contributed by atoms with Crippen LogP contribution >= 0.6 is 11.6 Å². The number of nitrogens with zero attached hydrogens (tertiary/aromatic N) is 3. The molecule has 3 aromatic carbocycles.